The first-order valence-electron chi connectivity index (χ1n) is 6.32. The molecule has 0 radical (unpaired) electrons. The number of hydrogen-bond donors (Lipinski definition) is 1. The summed E-state index contributed by atoms with van der Waals surface area (Å²) >= 11 is 0. The number of carboxylic acids is 1. The van der Waals surface area contributed by atoms with Crippen LogP contribution in [0.2, 0.25) is 0 Å². The van der Waals surface area contributed by atoms with E-state index in [9.17, 15) is 17.6 Å². The van der Waals surface area contributed by atoms with Gasteiger partial charge in [-0.25, -0.2) is 17.6 Å². The molecule has 1 aliphatic heterocycles. The van der Waals surface area contributed by atoms with Crippen LogP contribution in [0, 0.1) is 5.82 Å². The fourth-order valence-electron chi connectivity index (χ4n) is 2.24. The van der Waals surface area contributed by atoms with Gasteiger partial charge in [0.1, 0.15) is 5.82 Å². The molecule has 5 nitrogen and oxygen atoms in total. The van der Waals surface area contributed by atoms with Crippen LogP contribution in [0.5, 0.6) is 0 Å². The van der Waals surface area contributed by atoms with Crippen molar-refractivity contribution in [1.82, 2.24) is 4.90 Å². The Balaban J connectivity index is 2.07. The molecule has 1 fully saturated rings. The smallest absolute Gasteiger partial charge is 0.338 e. The molecule has 1 aliphatic rings. The van der Waals surface area contributed by atoms with Gasteiger partial charge in [-0.2, -0.15) is 0 Å². The van der Waals surface area contributed by atoms with Crippen LogP contribution in [0.25, 0.3) is 0 Å². The molecule has 0 unspecified atom stereocenters. The van der Waals surface area contributed by atoms with Gasteiger partial charge in [0.05, 0.1) is 17.1 Å². The number of rotatable bonds is 3. The first-order chi connectivity index (χ1) is 9.37. The van der Waals surface area contributed by atoms with Gasteiger partial charge < -0.3 is 5.11 Å². The number of hydrogen-bond acceptors (Lipinski definition) is 4. The van der Waals surface area contributed by atoms with Crippen LogP contribution in [0.4, 0.5) is 4.39 Å². The van der Waals surface area contributed by atoms with Gasteiger partial charge in [0, 0.05) is 13.1 Å². The minimum atomic E-state index is -2.96. The van der Waals surface area contributed by atoms with E-state index < -0.39 is 21.6 Å². The van der Waals surface area contributed by atoms with Gasteiger partial charge in [0.15, 0.2) is 9.84 Å². The number of halogens is 1. The summed E-state index contributed by atoms with van der Waals surface area (Å²) < 4.78 is 36.5. The highest BCUT2D eigenvalue weighted by atomic mass is 32.2. The molecular weight excluding hydrogens is 285 g/mol. The van der Waals surface area contributed by atoms with Gasteiger partial charge in [0.25, 0.3) is 0 Å². The van der Waals surface area contributed by atoms with Crippen molar-refractivity contribution in [2.45, 2.75) is 13.0 Å². The number of sulfone groups is 1. The molecule has 0 atom stereocenters. The second-order valence-electron chi connectivity index (χ2n) is 4.90. The number of aromatic carboxylic acids is 1. The number of nitrogens with zero attached hydrogens (tertiary/aromatic N) is 1. The summed E-state index contributed by atoms with van der Waals surface area (Å²) in [6, 6.07) is 4.00. The Labute approximate surface area is 116 Å². The second kappa shape index (κ2) is 5.88. The summed E-state index contributed by atoms with van der Waals surface area (Å²) in [7, 11) is -2.96. The molecule has 0 saturated carbocycles. The molecule has 1 N–H and O–H groups in total. The summed E-state index contributed by atoms with van der Waals surface area (Å²) in [4.78, 5) is 12.7. The predicted octanol–water partition coefficient (Wildman–Crippen LogP) is 1.14. The molecule has 7 heteroatoms. The molecule has 1 aromatic rings. The van der Waals surface area contributed by atoms with Crippen molar-refractivity contribution in [2.24, 2.45) is 0 Å². The lowest BCUT2D eigenvalue weighted by Crippen LogP contribution is -2.26. The second-order valence-corrected chi connectivity index (χ2v) is 7.20. The average Bonchev–Trinajstić information content (AvgIpc) is 2.51. The Bertz CT molecular complexity index is 615. The summed E-state index contributed by atoms with van der Waals surface area (Å²) in [6.07, 6.45) is 0.567. The summed E-state index contributed by atoms with van der Waals surface area (Å²) in [5.74, 6) is -1.76. The molecule has 0 spiro atoms. The van der Waals surface area contributed by atoms with Gasteiger partial charge in [-0.05, 0) is 30.7 Å². The molecule has 0 bridgehead atoms. The Morgan fingerprint density at radius 3 is 2.70 bits per heavy atom. The maximum atomic E-state index is 13.6. The highest BCUT2D eigenvalue weighted by Gasteiger charge is 2.19. The van der Waals surface area contributed by atoms with E-state index in [4.69, 9.17) is 5.11 Å². The quantitative estimate of drug-likeness (QED) is 0.906. The van der Waals surface area contributed by atoms with Crippen LogP contribution in [0.15, 0.2) is 18.2 Å². The lowest BCUT2D eigenvalue weighted by molar-refractivity contribution is 0.0692. The predicted molar refractivity (Wildman–Crippen MR) is 71.9 cm³/mol. The van der Waals surface area contributed by atoms with Gasteiger partial charge in [-0.3, -0.25) is 4.90 Å². The van der Waals surface area contributed by atoms with Crippen LogP contribution < -0.4 is 0 Å². The van der Waals surface area contributed by atoms with Gasteiger partial charge in [-0.1, -0.05) is 6.07 Å². The van der Waals surface area contributed by atoms with E-state index in [1.807, 2.05) is 4.90 Å². The zero-order chi connectivity index (χ0) is 14.8. The number of carbonyl (C=O) groups is 1. The molecule has 20 heavy (non-hydrogen) atoms. The van der Waals surface area contributed by atoms with Crippen molar-refractivity contribution in [3.8, 4) is 0 Å². The van der Waals surface area contributed by atoms with E-state index in [0.29, 0.717) is 31.6 Å². The van der Waals surface area contributed by atoms with Crippen molar-refractivity contribution in [1.29, 1.82) is 0 Å². The van der Waals surface area contributed by atoms with E-state index >= 15 is 0 Å². The van der Waals surface area contributed by atoms with E-state index in [-0.39, 0.29) is 17.1 Å². The fraction of sp³-hybridized carbons (Fsp3) is 0.462. The van der Waals surface area contributed by atoms with Crippen molar-refractivity contribution >= 4 is 15.8 Å². The molecule has 2 rings (SSSR count). The van der Waals surface area contributed by atoms with Crippen molar-refractivity contribution in [2.75, 3.05) is 24.6 Å². The zero-order valence-corrected chi connectivity index (χ0v) is 11.7. The molecule has 1 heterocycles. The molecular formula is C13H16FNO4S. The standard InChI is InChI=1S/C13H16FNO4S/c14-12-8-10(2-3-11(12)13(16)17)9-15-4-1-6-20(18,19)7-5-15/h2-3,8H,1,4-7,9H2,(H,16,17). The third-order valence-corrected chi connectivity index (χ3v) is 5.03. The van der Waals surface area contributed by atoms with Crippen LogP contribution in [0.1, 0.15) is 22.3 Å². The van der Waals surface area contributed by atoms with Crippen LogP contribution in [-0.4, -0.2) is 49.0 Å². The topological polar surface area (TPSA) is 74.7 Å². The highest BCUT2D eigenvalue weighted by Crippen LogP contribution is 2.14. The van der Waals surface area contributed by atoms with E-state index in [0.717, 1.165) is 0 Å². The van der Waals surface area contributed by atoms with Crippen LogP contribution >= 0.6 is 0 Å². The largest absolute Gasteiger partial charge is 0.478 e. The Kier molecular flexibility index (Phi) is 4.39. The average molecular weight is 301 g/mol. The van der Waals surface area contributed by atoms with Crippen molar-refractivity contribution < 1.29 is 22.7 Å². The monoisotopic (exact) mass is 301 g/mol. The number of carboxylic acid groups (broad SMARTS) is 1. The lowest BCUT2D eigenvalue weighted by Gasteiger charge is -2.19. The minimum absolute atomic E-state index is 0.114. The SMILES string of the molecule is O=C(O)c1ccc(CN2CCCS(=O)(=O)CC2)cc1F. The lowest BCUT2D eigenvalue weighted by atomic mass is 10.1. The van der Waals surface area contributed by atoms with Crippen LogP contribution in [-0.2, 0) is 16.4 Å². The zero-order valence-electron chi connectivity index (χ0n) is 10.9. The normalized spacial score (nSPS) is 19.4. The third-order valence-electron chi connectivity index (χ3n) is 3.32. The Morgan fingerprint density at radius 2 is 2.05 bits per heavy atom. The number of benzene rings is 1. The van der Waals surface area contributed by atoms with Crippen molar-refractivity contribution in [3.63, 3.8) is 0 Å². The molecule has 110 valence electrons. The Morgan fingerprint density at radius 1 is 1.30 bits per heavy atom. The molecule has 1 aromatic carbocycles. The van der Waals surface area contributed by atoms with Crippen molar-refractivity contribution in [3.05, 3.63) is 35.1 Å². The maximum absolute atomic E-state index is 13.6. The maximum Gasteiger partial charge on any atom is 0.338 e. The molecule has 0 amide bonds. The minimum Gasteiger partial charge on any atom is -0.478 e. The highest BCUT2D eigenvalue weighted by molar-refractivity contribution is 7.91. The van der Waals surface area contributed by atoms with E-state index in [1.54, 1.807) is 6.07 Å². The first kappa shape index (κ1) is 14.9. The van der Waals surface area contributed by atoms with Gasteiger partial charge in [-0.15, -0.1) is 0 Å². The Hall–Kier alpha value is -1.47. The van der Waals surface area contributed by atoms with Crippen LogP contribution in [0.3, 0.4) is 0 Å². The fourth-order valence-corrected chi connectivity index (χ4v) is 3.55. The molecule has 0 aliphatic carbocycles. The summed E-state index contributed by atoms with van der Waals surface area (Å²) in [5.41, 5.74) is 0.291. The molecule has 1 saturated heterocycles. The van der Waals surface area contributed by atoms with Gasteiger partial charge >= 0.3 is 5.97 Å². The summed E-state index contributed by atoms with van der Waals surface area (Å²) in [5, 5.41) is 8.76. The summed E-state index contributed by atoms with van der Waals surface area (Å²) in [6.45, 7) is 1.48. The molecule has 0 aromatic heterocycles. The van der Waals surface area contributed by atoms with Gasteiger partial charge in [0.2, 0.25) is 0 Å². The van der Waals surface area contributed by atoms with E-state index in [2.05, 4.69) is 0 Å². The first-order valence-corrected chi connectivity index (χ1v) is 8.14. The van der Waals surface area contributed by atoms with E-state index in [1.165, 1.54) is 12.1 Å². The third kappa shape index (κ3) is 3.77.